The van der Waals surface area contributed by atoms with E-state index in [4.69, 9.17) is 10.0 Å². The summed E-state index contributed by atoms with van der Waals surface area (Å²) in [5, 5.41) is 21.1. The molecule has 0 spiro atoms. The van der Waals surface area contributed by atoms with Gasteiger partial charge in [0, 0.05) is 17.3 Å². The number of nitrogens with one attached hydrogen (secondary N) is 1. The fourth-order valence-corrected chi connectivity index (χ4v) is 2.04. The van der Waals surface area contributed by atoms with Crippen LogP contribution in [0.4, 0.5) is 5.69 Å². The Hall–Kier alpha value is -2.84. The number of hydrogen-bond acceptors (Lipinski definition) is 6. The van der Waals surface area contributed by atoms with Crippen molar-refractivity contribution in [3.63, 3.8) is 0 Å². The second-order valence-corrected chi connectivity index (χ2v) is 4.78. The van der Waals surface area contributed by atoms with Gasteiger partial charge in [-0.2, -0.15) is 0 Å². The second kappa shape index (κ2) is 6.95. The molecule has 0 bridgehead atoms. The van der Waals surface area contributed by atoms with E-state index in [1.54, 1.807) is 12.1 Å². The molecular weight excluding hydrogens is 297 g/mol. The Kier molecular flexibility index (Phi) is 5.00. The molecule has 116 valence electrons. The predicted molar refractivity (Wildman–Crippen MR) is 88.7 cm³/mol. The van der Waals surface area contributed by atoms with E-state index < -0.39 is 12.9 Å². The van der Waals surface area contributed by atoms with Crippen LogP contribution in [0.2, 0.25) is 0 Å². The number of carbonyl (C=O) groups is 2. The Morgan fingerprint density at radius 3 is 2.70 bits per heavy atom. The number of allylic oxidation sites excluding steroid dienone is 2. The van der Waals surface area contributed by atoms with Gasteiger partial charge in [-0.25, -0.2) is 4.99 Å². The SMILES string of the molecule is C=NC=NC1=C(C)C(=O)C(Nc2cccc(B(O)O)c2)=CC1=O. The molecule has 2 rings (SSSR count). The summed E-state index contributed by atoms with van der Waals surface area (Å²) in [5.41, 5.74) is 1.02. The zero-order valence-corrected chi connectivity index (χ0v) is 12.4. The van der Waals surface area contributed by atoms with E-state index >= 15 is 0 Å². The average molecular weight is 311 g/mol. The zero-order valence-electron chi connectivity index (χ0n) is 12.4. The van der Waals surface area contributed by atoms with Crippen molar-refractivity contribution in [2.24, 2.45) is 9.98 Å². The van der Waals surface area contributed by atoms with Crippen LogP contribution in [-0.4, -0.2) is 41.8 Å². The van der Waals surface area contributed by atoms with Gasteiger partial charge in [0.15, 0.2) is 0 Å². The third kappa shape index (κ3) is 3.68. The largest absolute Gasteiger partial charge is 0.488 e. The van der Waals surface area contributed by atoms with E-state index in [-0.39, 0.29) is 28.2 Å². The highest BCUT2D eigenvalue weighted by molar-refractivity contribution is 6.58. The molecule has 0 atom stereocenters. The first-order chi connectivity index (χ1) is 10.9. The number of hydrogen-bond donors (Lipinski definition) is 3. The second-order valence-electron chi connectivity index (χ2n) is 4.78. The minimum Gasteiger partial charge on any atom is -0.423 e. The van der Waals surface area contributed by atoms with Crippen molar-refractivity contribution in [2.45, 2.75) is 6.92 Å². The lowest BCUT2D eigenvalue weighted by Gasteiger charge is -2.16. The van der Waals surface area contributed by atoms with Crippen LogP contribution in [0, 0.1) is 0 Å². The molecule has 0 saturated carbocycles. The van der Waals surface area contributed by atoms with E-state index in [0.29, 0.717) is 5.69 Å². The summed E-state index contributed by atoms with van der Waals surface area (Å²) >= 11 is 0. The van der Waals surface area contributed by atoms with Crippen molar-refractivity contribution < 1.29 is 19.6 Å². The smallest absolute Gasteiger partial charge is 0.423 e. The summed E-state index contributed by atoms with van der Waals surface area (Å²) < 4.78 is 0. The maximum absolute atomic E-state index is 12.3. The number of rotatable bonds is 5. The van der Waals surface area contributed by atoms with Crippen molar-refractivity contribution in [3.8, 4) is 0 Å². The lowest BCUT2D eigenvalue weighted by molar-refractivity contribution is -0.115. The summed E-state index contributed by atoms with van der Waals surface area (Å²) in [6.07, 6.45) is 2.25. The highest BCUT2D eigenvalue weighted by Crippen LogP contribution is 2.21. The van der Waals surface area contributed by atoms with Crippen LogP contribution in [-0.2, 0) is 9.59 Å². The van der Waals surface area contributed by atoms with Crippen LogP contribution in [0.3, 0.4) is 0 Å². The molecular formula is C15H14BN3O4. The fourth-order valence-electron chi connectivity index (χ4n) is 2.04. The molecule has 1 aromatic carbocycles. The maximum Gasteiger partial charge on any atom is 0.488 e. The standard InChI is InChI=1S/C15H14BN3O4/c1-9-14(18-8-17-2)13(20)7-12(15(9)21)19-11-5-3-4-10(6-11)16(22)23/h3-8,19,22-23H,2H2,1H3. The number of anilines is 1. The highest BCUT2D eigenvalue weighted by Gasteiger charge is 2.25. The van der Waals surface area contributed by atoms with Gasteiger partial charge >= 0.3 is 7.12 Å². The molecule has 1 aliphatic rings. The van der Waals surface area contributed by atoms with Gasteiger partial charge in [0.2, 0.25) is 11.6 Å². The van der Waals surface area contributed by atoms with Crippen molar-refractivity contribution in [2.75, 3.05) is 5.32 Å². The quantitative estimate of drug-likeness (QED) is 0.302. The van der Waals surface area contributed by atoms with Crippen LogP contribution in [0.25, 0.3) is 0 Å². The molecule has 0 heterocycles. The number of carbonyl (C=O) groups excluding carboxylic acids is 2. The zero-order chi connectivity index (χ0) is 17.0. The van der Waals surface area contributed by atoms with Crippen LogP contribution in [0.5, 0.6) is 0 Å². The summed E-state index contributed by atoms with van der Waals surface area (Å²) in [5.74, 6) is -0.807. The number of aliphatic imine (C=N–C) groups is 2. The van der Waals surface area contributed by atoms with Crippen molar-refractivity contribution in [1.82, 2.24) is 0 Å². The molecule has 0 saturated heterocycles. The molecule has 3 N–H and O–H groups in total. The minimum atomic E-state index is -1.62. The number of nitrogens with zero attached hydrogens (tertiary/aromatic N) is 2. The van der Waals surface area contributed by atoms with Crippen LogP contribution in [0.1, 0.15) is 6.92 Å². The van der Waals surface area contributed by atoms with E-state index in [9.17, 15) is 9.59 Å². The topological polar surface area (TPSA) is 111 Å². The molecule has 0 radical (unpaired) electrons. The maximum atomic E-state index is 12.3. The molecule has 0 unspecified atom stereocenters. The van der Waals surface area contributed by atoms with Gasteiger partial charge in [-0.3, -0.25) is 14.6 Å². The van der Waals surface area contributed by atoms with Gasteiger partial charge in [-0.15, -0.1) is 0 Å². The molecule has 1 aromatic rings. The Balaban J connectivity index is 2.28. The molecule has 0 aromatic heterocycles. The first-order valence-corrected chi connectivity index (χ1v) is 6.67. The third-order valence-corrected chi connectivity index (χ3v) is 3.18. The summed E-state index contributed by atoms with van der Waals surface area (Å²) in [6.45, 7) is 4.72. The van der Waals surface area contributed by atoms with Gasteiger partial charge in [0.25, 0.3) is 0 Å². The highest BCUT2D eigenvalue weighted by atomic mass is 16.4. The van der Waals surface area contributed by atoms with Gasteiger partial charge in [-0.1, -0.05) is 12.1 Å². The monoisotopic (exact) mass is 311 g/mol. The Labute approximate surface area is 132 Å². The van der Waals surface area contributed by atoms with Crippen LogP contribution < -0.4 is 10.8 Å². The summed E-state index contributed by atoms with van der Waals surface area (Å²) in [6, 6.07) is 6.23. The number of ketones is 2. The number of Topliss-reactive ketones (excluding diaryl/α,β-unsaturated/α-hetero) is 1. The van der Waals surface area contributed by atoms with Gasteiger partial charge in [-0.05, 0) is 31.2 Å². The number of benzene rings is 1. The van der Waals surface area contributed by atoms with E-state index in [0.717, 1.165) is 12.4 Å². The Bertz CT molecular complexity index is 766. The average Bonchev–Trinajstić information content (AvgIpc) is 2.52. The Morgan fingerprint density at radius 1 is 1.30 bits per heavy atom. The molecule has 0 amide bonds. The van der Waals surface area contributed by atoms with Crippen LogP contribution in [0.15, 0.2) is 57.3 Å². The summed E-state index contributed by atoms with van der Waals surface area (Å²) in [4.78, 5) is 31.6. The molecule has 8 heteroatoms. The molecule has 23 heavy (non-hydrogen) atoms. The van der Waals surface area contributed by atoms with Gasteiger partial charge in [0.1, 0.15) is 12.0 Å². The van der Waals surface area contributed by atoms with E-state index in [2.05, 4.69) is 22.0 Å². The van der Waals surface area contributed by atoms with Gasteiger partial charge < -0.3 is 15.4 Å². The van der Waals surface area contributed by atoms with Crippen LogP contribution >= 0.6 is 0 Å². The lowest BCUT2D eigenvalue weighted by atomic mass is 9.80. The third-order valence-electron chi connectivity index (χ3n) is 3.18. The molecule has 0 fully saturated rings. The first kappa shape index (κ1) is 16.5. The van der Waals surface area contributed by atoms with E-state index in [1.807, 2.05) is 0 Å². The predicted octanol–water partition coefficient (Wildman–Crippen LogP) is -0.183. The summed E-state index contributed by atoms with van der Waals surface area (Å²) in [7, 11) is -1.62. The Morgan fingerprint density at radius 2 is 2.04 bits per heavy atom. The molecule has 1 aliphatic carbocycles. The minimum absolute atomic E-state index is 0.0208. The van der Waals surface area contributed by atoms with Gasteiger partial charge in [0.05, 0.1) is 5.70 Å². The fraction of sp³-hybridized carbons (Fsp3) is 0.0667. The van der Waals surface area contributed by atoms with E-state index in [1.165, 1.54) is 19.1 Å². The lowest BCUT2D eigenvalue weighted by Crippen LogP contribution is -2.30. The normalized spacial score (nSPS) is 15.0. The van der Waals surface area contributed by atoms with Crippen molar-refractivity contribution >= 4 is 42.9 Å². The van der Waals surface area contributed by atoms with Crippen molar-refractivity contribution in [3.05, 3.63) is 47.3 Å². The molecule has 0 aliphatic heterocycles. The van der Waals surface area contributed by atoms with Crippen molar-refractivity contribution in [1.29, 1.82) is 0 Å². The first-order valence-electron chi connectivity index (χ1n) is 6.67. The molecule has 7 nitrogen and oxygen atoms in total.